The molecule has 0 aliphatic rings. The Kier molecular flexibility index (Phi) is 2.72. The van der Waals surface area contributed by atoms with E-state index in [0.717, 1.165) is 36.4 Å². The summed E-state index contributed by atoms with van der Waals surface area (Å²) in [6.45, 7) is 9.26. The minimum Gasteiger partial charge on any atom is -0.248 e. The highest BCUT2D eigenvalue weighted by Gasteiger charge is 2.05. The molecule has 0 amide bonds. The van der Waals surface area contributed by atoms with Gasteiger partial charge >= 0.3 is 0 Å². The zero-order valence-corrected chi connectivity index (χ0v) is 10.1. The van der Waals surface area contributed by atoms with E-state index in [-0.39, 0.29) is 0 Å². The first kappa shape index (κ1) is 10.8. The maximum Gasteiger partial charge on any atom is 0.147 e. The predicted octanol–water partition coefficient (Wildman–Crippen LogP) is 0.803. The van der Waals surface area contributed by atoms with Gasteiger partial charge < -0.3 is 0 Å². The van der Waals surface area contributed by atoms with Gasteiger partial charge in [0.05, 0.1) is 13.1 Å². The molecule has 0 aliphatic carbocycles. The molecule has 2 rings (SSSR count). The third-order valence-corrected chi connectivity index (χ3v) is 2.45. The Balaban J connectivity index is 2.07. The molecule has 0 atom stereocenters. The second-order valence-electron chi connectivity index (χ2n) is 3.86. The van der Waals surface area contributed by atoms with E-state index in [0.29, 0.717) is 0 Å². The van der Waals surface area contributed by atoms with E-state index in [4.69, 9.17) is 0 Å². The number of rotatable bonds is 3. The summed E-state index contributed by atoms with van der Waals surface area (Å²) in [5, 5.41) is 8.61. The van der Waals surface area contributed by atoms with E-state index >= 15 is 0 Å². The smallest absolute Gasteiger partial charge is 0.147 e. The molecular formula is C10H16N6. The minimum atomic E-state index is 0.774. The molecule has 0 bridgehead atoms. The van der Waals surface area contributed by atoms with Crippen molar-refractivity contribution >= 4 is 0 Å². The lowest BCUT2D eigenvalue weighted by Gasteiger charge is -2.04. The summed E-state index contributed by atoms with van der Waals surface area (Å²) < 4.78 is 3.79. The molecule has 86 valence electrons. The van der Waals surface area contributed by atoms with E-state index in [1.54, 1.807) is 0 Å². The van der Waals surface area contributed by atoms with Crippen LogP contribution in [0.5, 0.6) is 0 Å². The number of aryl methyl sites for hydroxylation is 6. The number of nitrogens with zero attached hydrogens (tertiary/aromatic N) is 6. The lowest BCUT2D eigenvalue weighted by molar-refractivity contribution is 0.480. The van der Waals surface area contributed by atoms with Crippen LogP contribution in [0, 0.1) is 27.7 Å². The summed E-state index contributed by atoms with van der Waals surface area (Å²) in [6.07, 6.45) is 0. The van der Waals surface area contributed by atoms with Gasteiger partial charge in [-0.25, -0.2) is 19.3 Å². The molecule has 0 unspecified atom stereocenters. The lowest BCUT2D eigenvalue weighted by Crippen LogP contribution is -2.12. The number of hydrogen-bond acceptors (Lipinski definition) is 4. The zero-order valence-electron chi connectivity index (χ0n) is 10.1. The SMILES string of the molecule is Cc1nc(C)n(CCn2nc(C)nc2C)n1. The molecule has 0 fully saturated rings. The third kappa shape index (κ3) is 2.10. The fourth-order valence-electron chi connectivity index (χ4n) is 1.74. The summed E-state index contributed by atoms with van der Waals surface area (Å²) in [5.41, 5.74) is 0. The molecular weight excluding hydrogens is 204 g/mol. The van der Waals surface area contributed by atoms with Crippen LogP contribution in [0.25, 0.3) is 0 Å². The van der Waals surface area contributed by atoms with Crippen LogP contribution in [0.3, 0.4) is 0 Å². The van der Waals surface area contributed by atoms with E-state index in [1.165, 1.54) is 0 Å². The maximum atomic E-state index is 4.31. The van der Waals surface area contributed by atoms with Gasteiger partial charge in [0.2, 0.25) is 0 Å². The minimum absolute atomic E-state index is 0.774. The van der Waals surface area contributed by atoms with Gasteiger partial charge in [-0.15, -0.1) is 0 Å². The second kappa shape index (κ2) is 4.03. The molecule has 0 saturated heterocycles. The second-order valence-corrected chi connectivity index (χ2v) is 3.86. The van der Waals surface area contributed by atoms with Crippen molar-refractivity contribution in [3.8, 4) is 0 Å². The van der Waals surface area contributed by atoms with Crippen molar-refractivity contribution in [2.24, 2.45) is 0 Å². The molecule has 0 N–H and O–H groups in total. The Morgan fingerprint density at radius 1 is 0.750 bits per heavy atom. The molecule has 0 aromatic carbocycles. The van der Waals surface area contributed by atoms with Crippen molar-refractivity contribution in [2.45, 2.75) is 40.8 Å². The normalized spacial score (nSPS) is 11.0. The molecule has 0 radical (unpaired) electrons. The molecule has 6 nitrogen and oxygen atoms in total. The largest absolute Gasteiger partial charge is 0.248 e. The fraction of sp³-hybridized carbons (Fsp3) is 0.600. The summed E-state index contributed by atoms with van der Waals surface area (Å²) >= 11 is 0. The Labute approximate surface area is 94.3 Å². The van der Waals surface area contributed by atoms with Crippen LogP contribution in [0.2, 0.25) is 0 Å². The first-order valence-corrected chi connectivity index (χ1v) is 5.32. The topological polar surface area (TPSA) is 61.4 Å². The Hall–Kier alpha value is -1.72. The van der Waals surface area contributed by atoms with E-state index in [2.05, 4.69) is 20.2 Å². The van der Waals surface area contributed by atoms with Crippen LogP contribution in [0.1, 0.15) is 23.3 Å². The molecule has 2 aromatic rings. The average molecular weight is 220 g/mol. The Bertz CT molecular complexity index is 449. The van der Waals surface area contributed by atoms with Crippen LogP contribution in [-0.2, 0) is 13.1 Å². The van der Waals surface area contributed by atoms with Crippen LogP contribution in [0.15, 0.2) is 0 Å². The molecule has 0 aliphatic heterocycles. The molecule has 2 aromatic heterocycles. The van der Waals surface area contributed by atoms with Gasteiger partial charge in [0, 0.05) is 0 Å². The van der Waals surface area contributed by atoms with E-state index in [9.17, 15) is 0 Å². The van der Waals surface area contributed by atoms with E-state index in [1.807, 2.05) is 37.1 Å². The van der Waals surface area contributed by atoms with Crippen molar-refractivity contribution in [3.63, 3.8) is 0 Å². The van der Waals surface area contributed by atoms with Gasteiger partial charge in [-0.2, -0.15) is 10.2 Å². The van der Waals surface area contributed by atoms with Gasteiger partial charge in [-0.1, -0.05) is 0 Å². The highest BCUT2D eigenvalue weighted by atomic mass is 15.4. The highest BCUT2D eigenvalue weighted by Crippen LogP contribution is 1.99. The van der Waals surface area contributed by atoms with Gasteiger partial charge in [0.1, 0.15) is 23.3 Å². The van der Waals surface area contributed by atoms with Crippen LogP contribution < -0.4 is 0 Å². The molecule has 2 heterocycles. The van der Waals surface area contributed by atoms with Gasteiger partial charge in [0.25, 0.3) is 0 Å². The number of hydrogen-bond donors (Lipinski definition) is 0. The van der Waals surface area contributed by atoms with E-state index < -0.39 is 0 Å². The first-order chi connectivity index (χ1) is 7.56. The summed E-state index contributed by atoms with van der Waals surface area (Å²) in [5.74, 6) is 3.49. The lowest BCUT2D eigenvalue weighted by atomic mass is 10.5. The summed E-state index contributed by atoms with van der Waals surface area (Å²) in [4.78, 5) is 8.52. The molecule has 16 heavy (non-hydrogen) atoms. The van der Waals surface area contributed by atoms with Gasteiger partial charge in [0.15, 0.2) is 0 Å². The third-order valence-electron chi connectivity index (χ3n) is 2.45. The summed E-state index contributed by atoms with van der Waals surface area (Å²) in [7, 11) is 0. The standard InChI is InChI=1S/C10H16N6/c1-7-11-9(3)15(13-7)5-6-16-10(4)12-8(2)14-16/h5-6H2,1-4H3. The van der Waals surface area contributed by atoms with Crippen LogP contribution >= 0.6 is 0 Å². The maximum absolute atomic E-state index is 4.31. The Morgan fingerprint density at radius 2 is 1.12 bits per heavy atom. The average Bonchev–Trinajstić information content (AvgIpc) is 2.66. The monoisotopic (exact) mass is 220 g/mol. The van der Waals surface area contributed by atoms with Crippen LogP contribution in [-0.4, -0.2) is 29.5 Å². The van der Waals surface area contributed by atoms with Gasteiger partial charge in [-0.3, -0.25) is 0 Å². The van der Waals surface area contributed by atoms with Crippen molar-refractivity contribution in [1.29, 1.82) is 0 Å². The van der Waals surface area contributed by atoms with Crippen molar-refractivity contribution in [3.05, 3.63) is 23.3 Å². The molecule has 0 saturated carbocycles. The first-order valence-electron chi connectivity index (χ1n) is 5.32. The molecule has 0 spiro atoms. The fourth-order valence-corrected chi connectivity index (χ4v) is 1.74. The summed E-state index contributed by atoms with van der Waals surface area (Å²) in [6, 6.07) is 0. The van der Waals surface area contributed by atoms with Crippen molar-refractivity contribution in [1.82, 2.24) is 29.5 Å². The van der Waals surface area contributed by atoms with Crippen molar-refractivity contribution < 1.29 is 0 Å². The molecule has 6 heteroatoms. The van der Waals surface area contributed by atoms with Gasteiger partial charge in [-0.05, 0) is 27.7 Å². The zero-order chi connectivity index (χ0) is 11.7. The predicted molar refractivity (Wildman–Crippen MR) is 59.0 cm³/mol. The number of aromatic nitrogens is 6. The van der Waals surface area contributed by atoms with Crippen molar-refractivity contribution in [2.75, 3.05) is 0 Å². The highest BCUT2D eigenvalue weighted by molar-refractivity contribution is 4.89. The van der Waals surface area contributed by atoms with Crippen LogP contribution in [0.4, 0.5) is 0 Å². The Morgan fingerprint density at radius 3 is 1.38 bits per heavy atom. The quantitative estimate of drug-likeness (QED) is 0.767.